The molecular weight excluding hydrogens is 536 g/mol. The zero-order valence-corrected chi connectivity index (χ0v) is 22.8. The number of thiol groups is 1. The number of nitrogens with two attached hydrogens (primary N) is 2. The van der Waals surface area contributed by atoms with Crippen LogP contribution in [0.3, 0.4) is 0 Å². The van der Waals surface area contributed by atoms with Gasteiger partial charge in [-0.05, 0) is 43.9 Å². The summed E-state index contributed by atoms with van der Waals surface area (Å²) in [5.74, 6) is -3.14. The van der Waals surface area contributed by atoms with Crippen molar-refractivity contribution in [2.75, 3.05) is 12.3 Å². The van der Waals surface area contributed by atoms with Gasteiger partial charge in [-0.25, -0.2) is 9.78 Å². The lowest BCUT2D eigenvalue weighted by molar-refractivity contribution is -0.142. The molecule has 10 N–H and O–H groups in total. The fourth-order valence-corrected chi connectivity index (χ4v) is 4.48. The van der Waals surface area contributed by atoms with Crippen LogP contribution < -0.4 is 27.4 Å². The zero-order valence-electron chi connectivity index (χ0n) is 21.9. The highest BCUT2D eigenvalue weighted by Gasteiger charge is 2.30. The fraction of sp³-hybridized carbons (Fsp3) is 0.423. The van der Waals surface area contributed by atoms with Gasteiger partial charge in [-0.3, -0.25) is 14.4 Å². The SMILES string of the molecule is NCCCCC(NC(=O)C(CS)NC(=O)C(N)Cc1c[nH]c2ccccc12)C(=O)NC(Cc1cnc[nH]1)C(=O)O. The molecule has 0 aliphatic carbocycles. The molecule has 0 bridgehead atoms. The number of carboxylic acids is 1. The Kier molecular flexibility index (Phi) is 11.5. The van der Waals surface area contributed by atoms with E-state index in [9.17, 15) is 24.3 Å². The summed E-state index contributed by atoms with van der Waals surface area (Å²) in [6, 6.07) is 3.33. The molecule has 0 saturated heterocycles. The van der Waals surface area contributed by atoms with Crippen LogP contribution in [-0.4, -0.2) is 80.2 Å². The molecule has 13 nitrogen and oxygen atoms in total. The Bertz CT molecular complexity index is 1280. The Morgan fingerprint density at radius 2 is 1.65 bits per heavy atom. The molecule has 4 unspecified atom stereocenters. The molecule has 0 fully saturated rings. The van der Waals surface area contributed by atoms with Crippen LogP contribution in [0.2, 0.25) is 0 Å². The maximum Gasteiger partial charge on any atom is 0.326 e. The lowest BCUT2D eigenvalue weighted by Gasteiger charge is -2.24. The third kappa shape index (κ3) is 8.56. The minimum absolute atomic E-state index is 0.0197. The third-order valence-corrected chi connectivity index (χ3v) is 6.81. The van der Waals surface area contributed by atoms with Crippen LogP contribution in [0.4, 0.5) is 0 Å². The predicted octanol–water partition coefficient (Wildman–Crippen LogP) is -0.399. The van der Waals surface area contributed by atoms with E-state index in [1.165, 1.54) is 12.5 Å². The van der Waals surface area contributed by atoms with Gasteiger partial charge < -0.3 is 42.5 Å². The van der Waals surface area contributed by atoms with Gasteiger partial charge in [-0.15, -0.1) is 0 Å². The summed E-state index contributed by atoms with van der Waals surface area (Å²) in [5.41, 5.74) is 14.0. The number of fused-ring (bicyclic) bond motifs is 1. The fourth-order valence-electron chi connectivity index (χ4n) is 4.23. The Morgan fingerprint density at radius 1 is 0.950 bits per heavy atom. The number of H-pyrrole nitrogens is 2. The first kappa shape index (κ1) is 30.7. The number of para-hydroxylation sites is 1. The Labute approximate surface area is 236 Å². The Balaban J connectivity index is 1.63. The molecule has 0 aliphatic rings. The molecule has 0 spiro atoms. The van der Waals surface area contributed by atoms with E-state index in [0.717, 1.165) is 16.5 Å². The summed E-state index contributed by atoms with van der Waals surface area (Å²) in [4.78, 5) is 60.6. The van der Waals surface area contributed by atoms with E-state index >= 15 is 0 Å². The summed E-state index contributed by atoms with van der Waals surface area (Å²) < 4.78 is 0. The Morgan fingerprint density at radius 3 is 2.33 bits per heavy atom. The molecule has 40 heavy (non-hydrogen) atoms. The van der Waals surface area contributed by atoms with Crippen molar-refractivity contribution in [3.05, 3.63) is 54.2 Å². The maximum atomic E-state index is 13.1. The number of carbonyl (C=O) groups is 4. The number of hydrogen-bond donors (Lipinski definition) is 9. The van der Waals surface area contributed by atoms with Gasteiger partial charge >= 0.3 is 5.97 Å². The van der Waals surface area contributed by atoms with Crippen molar-refractivity contribution in [1.82, 2.24) is 30.9 Å². The van der Waals surface area contributed by atoms with Gasteiger partial charge in [0.15, 0.2) is 0 Å². The molecule has 1 aromatic carbocycles. The largest absolute Gasteiger partial charge is 0.480 e. The van der Waals surface area contributed by atoms with Crippen LogP contribution in [0, 0.1) is 0 Å². The van der Waals surface area contributed by atoms with E-state index in [4.69, 9.17) is 11.5 Å². The second kappa shape index (κ2) is 15.1. The summed E-state index contributed by atoms with van der Waals surface area (Å²) in [7, 11) is 0. The first-order valence-electron chi connectivity index (χ1n) is 13.0. The molecule has 3 rings (SSSR count). The molecule has 4 atom stereocenters. The van der Waals surface area contributed by atoms with Crippen molar-refractivity contribution in [2.24, 2.45) is 11.5 Å². The number of carboxylic acid groups (broad SMARTS) is 1. The number of aliphatic carboxylic acids is 1. The minimum atomic E-state index is -1.25. The van der Waals surface area contributed by atoms with Gasteiger partial charge in [-0.1, -0.05) is 18.2 Å². The highest BCUT2D eigenvalue weighted by atomic mass is 32.1. The third-order valence-electron chi connectivity index (χ3n) is 6.44. The van der Waals surface area contributed by atoms with Gasteiger partial charge in [-0.2, -0.15) is 12.6 Å². The molecule has 0 aliphatic heterocycles. The van der Waals surface area contributed by atoms with Crippen LogP contribution in [0.1, 0.15) is 30.5 Å². The number of nitrogens with zero attached hydrogens (tertiary/aromatic N) is 1. The number of unbranched alkanes of at least 4 members (excludes halogenated alkanes) is 1. The van der Waals surface area contributed by atoms with E-state index in [1.54, 1.807) is 6.20 Å². The quantitative estimate of drug-likeness (QED) is 0.0810. The molecule has 14 heteroatoms. The number of carbonyl (C=O) groups excluding carboxylic acids is 3. The van der Waals surface area contributed by atoms with Gasteiger partial charge in [0.25, 0.3) is 0 Å². The number of imidazole rings is 1. The van der Waals surface area contributed by atoms with Crippen molar-refractivity contribution in [3.63, 3.8) is 0 Å². The van der Waals surface area contributed by atoms with Crippen LogP contribution >= 0.6 is 12.6 Å². The number of hydrogen-bond acceptors (Lipinski definition) is 8. The number of rotatable bonds is 16. The van der Waals surface area contributed by atoms with Gasteiger partial charge in [0.2, 0.25) is 17.7 Å². The van der Waals surface area contributed by atoms with Crippen molar-refractivity contribution >= 4 is 47.2 Å². The van der Waals surface area contributed by atoms with E-state index < -0.39 is 47.9 Å². The predicted molar refractivity (Wildman–Crippen MR) is 152 cm³/mol. The zero-order chi connectivity index (χ0) is 29.1. The lowest BCUT2D eigenvalue weighted by Crippen LogP contribution is -2.58. The van der Waals surface area contributed by atoms with E-state index in [0.29, 0.717) is 25.1 Å². The number of nitrogens with one attached hydrogen (secondary N) is 5. The monoisotopic (exact) mass is 572 g/mol. The van der Waals surface area contributed by atoms with Crippen molar-refractivity contribution in [2.45, 2.75) is 56.3 Å². The second-order valence-electron chi connectivity index (χ2n) is 9.44. The number of benzene rings is 1. The van der Waals surface area contributed by atoms with Crippen molar-refractivity contribution < 1.29 is 24.3 Å². The highest BCUT2D eigenvalue weighted by Crippen LogP contribution is 2.18. The minimum Gasteiger partial charge on any atom is -0.480 e. The highest BCUT2D eigenvalue weighted by molar-refractivity contribution is 7.80. The lowest BCUT2D eigenvalue weighted by atomic mass is 10.0. The molecule has 3 amide bonds. The average Bonchev–Trinajstić information content (AvgIpc) is 3.60. The maximum absolute atomic E-state index is 13.1. The molecule has 2 heterocycles. The topological polar surface area (TPSA) is 221 Å². The van der Waals surface area contributed by atoms with E-state index in [1.807, 2.05) is 24.3 Å². The summed E-state index contributed by atoms with van der Waals surface area (Å²) in [5, 5.41) is 18.3. The standard InChI is InChI=1S/C26H36N8O5S/c27-8-4-3-7-20(24(36)33-21(26(38)39)10-16-12-29-14-31-16)32-25(37)22(13-40)34-23(35)18(28)9-15-11-30-19-6-2-1-5-17(15)19/h1-2,5-6,11-12,14,18,20-22,30,40H,3-4,7-10,13,27-28H2,(H,29,31)(H,32,37)(H,33,36)(H,34,35)(H,38,39). The number of amides is 3. The van der Waals surface area contributed by atoms with Crippen LogP contribution in [0.25, 0.3) is 10.9 Å². The van der Waals surface area contributed by atoms with Gasteiger partial charge in [0, 0.05) is 41.2 Å². The van der Waals surface area contributed by atoms with Crippen molar-refractivity contribution in [3.8, 4) is 0 Å². The summed E-state index contributed by atoms with van der Waals surface area (Å²) >= 11 is 4.20. The van der Waals surface area contributed by atoms with Gasteiger partial charge in [0.1, 0.15) is 18.1 Å². The van der Waals surface area contributed by atoms with E-state index in [-0.39, 0.29) is 25.0 Å². The second-order valence-corrected chi connectivity index (χ2v) is 9.81. The van der Waals surface area contributed by atoms with Gasteiger partial charge in [0.05, 0.1) is 12.4 Å². The molecule has 3 aromatic rings. The Hall–Kier alpha value is -3.88. The number of aromatic nitrogens is 3. The van der Waals surface area contributed by atoms with Crippen molar-refractivity contribution in [1.29, 1.82) is 0 Å². The summed E-state index contributed by atoms with van der Waals surface area (Å²) in [6.07, 6.45) is 6.23. The van der Waals surface area contributed by atoms with Crippen LogP contribution in [-0.2, 0) is 32.0 Å². The van der Waals surface area contributed by atoms with Crippen LogP contribution in [0.5, 0.6) is 0 Å². The molecule has 0 radical (unpaired) electrons. The smallest absolute Gasteiger partial charge is 0.326 e. The average molecular weight is 573 g/mol. The molecule has 0 saturated carbocycles. The van der Waals surface area contributed by atoms with Crippen LogP contribution in [0.15, 0.2) is 43.0 Å². The first-order chi connectivity index (χ1) is 19.2. The molecular formula is C26H36N8O5S. The first-order valence-corrected chi connectivity index (χ1v) is 13.6. The molecule has 216 valence electrons. The molecule has 2 aromatic heterocycles. The normalized spacial score (nSPS) is 14.2. The van der Waals surface area contributed by atoms with E-state index in [2.05, 4.69) is 43.5 Å². The number of aromatic amines is 2. The summed E-state index contributed by atoms with van der Waals surface area (Å²) in [6.45, 7) is 0.392.